The Bertz CT molecular complexity index is 446. The van der Waals surface area contributed by atoms with Crippen molar-refractivity contribution < 1.29 is 4.74 Å². The van der Waals surface area contributed by atoms with E-state index in [9.17, 15) is 0 Å². The maximum Gasteiger partial charge on any atom is 0.191 e. The standard InChI is InChI=1S/C17H30N4O/c1-5-18-17(19-10-7-11-22-13-14(2)3)20-12-16-9-6-8-15(4)21-16/h6,8-9,14H,5,7,10-13H2,1-4H3,(H2,18,19,20). The molecule has 5 heteroatoms. The van der Waals surface area contributed by atoms with E-state index < -0.39 is 0 Å². The molecule has 0 aliphatic carbocycles. The van der Waals surface area contributed by atoms with E-state index in [4.69, 9.17) is 4.74 Å². The largest absolute Gasteiger partial charge is 0.381 e. The first-order valence-electron chi connectivity index (χ1n) is 8.14. The van der Waals surface area contributed by atoms with Crippen molar-refractivity contribution in [3.8, 4) is 0 Å². The number of guanidine groups is 1. The lowest BCUT2D eigenvalue weighted by Crippen LogP contribution is -2.38. The summed E-state index contributed by atoms with van der Waals surface area (Å²) in [6.45, 7) is 12.3. The average Bonchev–Trinajstić information content (AvgIpc) is 2.48. The quantitative estimate of drug-likeness (QED) is 0.418. The molecule has 0 atom stereocenters. The van der Waals surface area contributed by atoms with Crippen molar-refractivity contribution in [1.29, 1.82) is 0 Å². The molecule has 22 heavy (non-hydrogen) atoms. The topological polar surface area (TPSA) is 58.5 Å². The minimum absolute atomic E-state index is 0.584. The molecule has 0 aliphatic rings. The van der Waals surface area contributed by atoms with Gasteiger partial charge in [-0.3, -0.25) is 4.98 Å². The van der Waals surface area contributed by atoms with Crippen molar-refractivity contribution in [2.45, 2.75) is 40.7 Å². The highest BCUT2D eigenvalue weighted by atomic mass is 16.5. The minimum Gasteiger partial charge on any atom is -0.381 e. The number of ether oxygens (including phenoxy) is 1. The highest BCUT2D eigenvalue weighted by Gasteiger charge is 1.99. The van der Waals surface area contributed by atoms with Gasteiger partial charge in [-0.2, -0.15) is 0 Å². The molecule has 0 spiro atoms. The molecule has 0 amide bonds. The molecule has 0 saturated carbocycles. The number of rotatable bonds is 9. The van der Waals surface area contributed by atoms with E-state index in [-0.39, 0.29) is 0 Å². The molecule has 0 unspecified atom stereocenters. The average molecular weight is 306 g/mol. The maximum absolute atomic E-state index is 5.57. The zero-order chi connectivity index (χ0) is 16.2. The third-order valence-electron chi connectivity index (χ3n) is 2.90. The third kappa shape index (κ3) is 8.62. The van der Waals surface area contributed by atoms with Crippen LogP contribution in [0.15, 0.2) is 23.2 Å². The molecule has 1 aromatic heterocycles. The lowest BCUT2D eigenvalue weighted by atomic mass is 10.2. The van der Waals surface area contributed by atoms with Crippen molar-refractivity contribution in [1.82, 2.24) is 15.6 Å². The van der Waals surface area contributed by atoms with Crippen molar-refractivity contribution in [2.75, 3.05) is 26.3 Å². The van der Waals surface area contributed by atoms with E-state index in [1.807, 2.05) is 25.1 Å². The predicted octanol–water partition coefficient (Wildman–Crippen LogP) is 2.51. The first-order valence-corrected chi connectivity index (χ1v) is 8.14. The van der Waals surface area contributed by atoms with E-state index in [1.54, 1.807) is 0 Å². The van der Waals surface area contributed by atoms with Crippen LogP contribution in [-0.2, 0) is 11.3 Å². The van der Waals surface area contributed by atoms with Crippen molar-refractivity contribution in [3.63, 3.8) is 0 Å². The Kier molecular flexibility index (Phi) is 9.23. The Morgan fingerprint density at radius 3 is 2.82 bits per heavy atom. The van der Waals surface area contributed by atoms with Gasteiger partial charge in [0.1, 0.15) is 0 Å². The van der Waals surface area contributed by atoms with Crippen LogP contribution in [0.1, 0.15) is 38.6 Å². The highest BCUT2D eigenvalue weighted by molar-refractivity contribution is 5.79. The first kappa shape index (κ1) is 18.4. The summed E-state index contributed by atoms with van der Waals surface area (Å²) >= 11 is 0. The second-order valence-corrected chi connectivity index (χ2v) is 5.71. The molecule has 1 aromatic rings. The highest BCUT2D eigenvalue weighted by Crippen LogP contribution is 1.99. The van der Waals surface area contributed by atoms with Gasteiger partial charge in [-0.25, -0.2) is 4.99 Å². The van der Waals surface area contributed by atoms with Crippen LogP contribution in [0.3, 0.4) is 0 Å². The van der Waals surface area contributed by atoms with Gasteiger partial charge in [0.2, 0.25) is 0 Å². The first-order chi connectivity index (χ1) is 10.6. The molecule has 0 aromatic carbocycles. The maximum atomic E-state index is 5.57. The van der Waals surface area contributed by atoms with Crippen LogP contribution in [-0.4, -0.2) is 37.2 Å². The molecule has 5 nitrogen and oxygen atoms in total. The number of nitrogens with one attached hydrogen (secondary N) is 2. The van der Waals surface area contributed by atoms with Gasteiger partial charge in [0.25, 0.3) is 0 Å². The van der Waals surface area contributed by atoms with E-state index >= 15 is 0 Å². The van der Waals surface area contributed by atoms with Gasteiger partial charge in [-0.1, -0.05) is 19.9 Å². The summed E-state index contributed by atoms with van der Waals surface area (Å²) in [5, 5.41) is 6.57. The second kappa shape index (κ2) is 11.0. The van der Waals surface area contributed by atoms with E-state index in [1.165, 1.54) is 0 Å². The summed E-state index contributed by atoms with van der Waals surface area (Å²) in [5.41, 5.74) is 2.01. The van der Waals surface area contributed by atoms with Crippen LogP contribution in [0.5, 0.6) is 0 Å². The Labute approximate surface area is 134 Å². The molecule has 2 N–H and O–H groups in total. The lowest BCUT2D eigenvalue weighted by molar-refractivity contribution is 0.108. The fraction of sp³-hybridized carbons (Fsp3) is 0.647. The number of hydrogen-bond donors (Lipinski definition) is 2. The zero-order valence-electron chi connectivity index (χ0n) is 14.4. The van der Waals surface area contributed by atoms with Crippen LogP contribution in [0, 0.1) is 12.8 Å². The Morgan fingerprint density at radius 1 is 1.32 bits per heavy atom. The number of hydrogen-bond acceptors (Lipinski definition) is 3. The minimum atomic E-state index is 0.584. The van der Waals surface area contributed by atoms with Crippen LogP contribution in [0.25, 0.3) is 0 Å². The van der Waals surface area contributed by atoms with Gasteiger partial charge in [0.05, 0.1) is 12.2 Å². The number of aromatic nitrogens is 1. The fourth-order valence-electron chi connectivity index (χ4n) is 1.89. The van der Waals surface area contributed by atoms with Crippen LogP contribution in [0.4, 0.5) is 0 Å². The van der Waals surface area contributed by atoms with E-state index in [0.717, 1.165) is 50.1 Å². The summed E-state index contributed by atoms with van der Waals surface area (Å²) in [6.07, 6.45) is 0.972. The van der Waals surface area contributed by atoms with Gasteiger partial charge in [-0.15, -0.1) is 0 Å². The normalized spacial score (nSPS) is 11.8. The summed E-state index contributed by atoms with van der Waals surface area (Å²) in [5.74, 6) is 1.42. The number of nitrogens with zero attached hydrogens (tertiary/aromatic N) is 2. The smallest absolute Gasteiger partial charge is 0.191 e. The monoisotopic (exact) mass is 306 g/mol. The molecule has 0 radical (unpaired) electrons. The molecule has 0 fully saturated rings. The van der Waals surface area contributed by atoms with Crippen molar-refractivity contribution in [2.24, 2.45) is 10.9 Å². The third-order valence-corrected chi connectivity index (χ3v) is 2.90. The number of aliphatic imine (C=N–C) groups is 1. The molecule has 0 bridgehead atoms. The molecular formula is C17H30N4O. The summed E-state index contributed by atoms with van der Waals surface area (Å²) < 4.78 is 5.57. The van der Waals surface area contributed by atoms with E-state index in [0.29, 0.717) is 12.5 Å². The van der Waals surface area contributed by atoms with Crippen LogP contribution >= 0.6 is 0 Å². The van der Waals surface area contributed by atoms with Crippen LogP contribution < -0.4 is 10.6 Å². The zero-order valence-corrected chi connectivity index (χ0v) is 14.4. The molecular weight excluding hydrogens is 276 g/mol. The van der Waals surface area contributed by atoms with Gasteiger partial charge < -0.3 is 15.4 Å². The van der Waals surface area contributed by atoms with Gasteiger partial charge >= 0.3 is 0 Å². The van der Waals surface area contributed by atoms with Gasteiger partial charge in [-0.05, 0) is 38.3 Å². The Morgan fingerprint density at radius 2 is 2.14 bits per heavy atom. The summed E-state index contributed by atoms with van der Waals surface area (Å²) in [7, 11) is 0. The summed E-state index contributed by atoms with van der Waals surface area (Å²) in [4.78, 5) is 9.02. The van der Waals surface area contributed by atoms with E-state index in [2.05, 4.69) is 41.4 Å². The summed E-state index contributed by atoms with van der Waals surface area (Å²) in [6, 6.07) is 6.01. The molecule has 0 saturated heterocycles. The number of aryl methyl sites for hydroxylation is 1. The SMILES string of the molecule is CCNC(=NCc1cccc(C)n1)NCCCOCC(C)C. The Balaban J connectivity index is 2.33. The Hall–Kier alpha value is -1.62. The lowest BCUT2D eigenvalue weighted by Gasteiger charge is -2.12. The van der Waals surface area contributed by atoms with Crippen molar-refractivity contribution >= 4 is 5.96 Å². The predicted molar refractivity (Wildman–Crippen MR) is 92.1 cm³/mol. The second-order valence-electron chi connectivity index (χ2n) is 5.71. The van der Waals surface area contributed by atoms with Gasteiger partial charge in [0, 0.05) is 32.0 Å². The molecule has 1 heterocycles. The molecule has 124 valence electrons. The van der Waals surface area contributed by atoms with Gasteiger partial charge in [0.15, 0.2) is 5.96 Å². The van der Waals surface area contributed by atoms with Crippen molar-refractivity contribution in [3.05, 3.63) is 29.6 Å². The molecule has 1 rings (SSSR count). The fourth-order valence-corrected chi connectivity index (χ4v) is 1.89. The number of pyridine rings is 1. The molecule has 0 aliphatic heterocycles. The van der Waals surface area contributed by atoms with Crippen LogP contribution in [0.2, 0.25) is 0 Å².